The lowest BCUT2D eigenvalue weighted by molar-refractivity contribution is -0.123. The summed E-state index contributed by atoms with van der Waals surface area (Å²) in [4.78, 5) is 12.9. The minimum atomic E-state index is -0.797. The van der Waals surface area contributed by atoms with Crippen LogP contribution in [0.25, 0.3) is 0 Å². The van der Waals surface area contributed by atoms with E-state index in [0.717, 1.165) is 37.0 Å². The Morgan fingerprint density at radius 3 is 2.35 bits per heavy atom. The van der Waals surface area contributed by atoms with Gasteiger partial charge in [0.15, 0.2) is 5.12 Å². The second-order valence-corrected chi connectivity index (χ2v) is 13.6. The van der Waals surface area contributed by atoms with Crippen LogP contribution in [0.5, 0.6) is 5.75 Å². The number of aliphatic hydroxyl groups excluding tert-OH is 1. The van der Waals surface area contributed by atoms with Crippen LogP contribution in [-0.4, -0.2) is 59.7 Å². The fourth-order valence-electron chi connectivity index (χ4n) is 5.12. The number of hydrogen-bond acceptors (Lipinski definition) is 7. The fourth-order valence-corrected chi connectivity index (χ4v) is 6.05. The number of thioether (sulfide) groups is 1. The van der Waals surface area contributed by atoms with Gasteiger partial charge in [0.2, 0.25) is 0 Å². The first kappa shape index (κ1) is 32.1. The van der Waals surface area contributed by atoms with E-state index in [1.165, 1.54) is 11.8 Å². The van der Waals surface area contributed by atoms with Crippen molar-refractivity contribution in [1.82, 2.24) is 0 Å². The molecule has 0 saturated carbocycles. The Labute approximate surface area is 229 Å². The molecule has 1 heterocycles. The highest BCUT2D eigenvalue weighted by Gasteiger charge is 2.37. The highest BCUT2D eigenvalue weighted by molar-refractivity contribution is 8.14. The predicted octanol–water partition coefficient (Wildman–Crippen LogP) is 6.27. The van der Waals surface area contributed by atoms with Gasteiger partial charge in [-0.1, -0.05) is 65.4 Å². The van der Waals surface area contributed by atoms with Crippen LogP contribution >= 0.6 is 11.8 Å². The summed E-state index contributed by atoms with van der Waals surface area (Å²) in [5.41, 5.74) is 1.04. The van der Waals surface area contributed by atoms with E-state index in [4.69, 9.17) is 18.9 Å². The minimum absolute atomic E-state index is 0.0172. The average molecular weight is 539 g/mol. The maximum atomic E-state index is 12.9. The van der Waals surface area contributed by atoms with Crippen LogP contribution in [0, 0.1) is 17.8 Å². The van der Waals surface area contributed by atoms with Gasteiger partial charge in [-0.3, -0.25) is 4.79 Å². The molecule has 0 radical (unpaired) electrons. The first-order valence-corrected chi connectivity index (χ1v) is 14.5. The first-order valence-electron chi connectivity index (χ1n) is 13.7. The Bertz CT molecular complexity index is 807. The van der Waals surface area contributed by atoms with Gasteiger partial charge in [-0.25, -0.2) is 0 Å². The van der Waals surface area contributed by atoms with E-state index < -0.39 is 12.0 Å². The monoisotopic (exact) mass is 538 g/mol. The van der Waals surface area contributed by atoms with Crippen LogP contribution in [0.15, 0.2) is 24.3 Å². The quantitative estimate of drug-likeness (QED) is 0.317. The zero-order valence-corrected chi connectivity index (χ0v) is 25.2. The normalized spacial score (nSPS) is 24.6. The first-order chi connectivity index (χ1) is 17.3. The molecule has 1 fully saturated rings. The van der Waals surface area contributed by atoms with Crippen molar-refractivity contribution in [2.24, 2.45) is 17.8 Å². The molecule has 2 rings (SSSR count). The number of carbonyl (C=O) groups is 1. The highest BCUT2D eigenvalue weighted by atomic mass is 32.2. The summed E-state index contributed by atoms with van der Waals surface area (Å²) in [6, 6.07) is 7.84. The second kappa shape index (κ2) is 14.9. The van der Waals surface area contributed by atoms with Crippen LogP contribution in [0.3, 0.4) is 0 Å². The number of carbonyl (C=O) groups excluding carboxylic acids is 1. The molecule has 1 aliphatic heterocycles. The molecule has 0 amide bonds. The van der Waals surface area contributed by atoms with Gasteiger partial charge in [0.1, 0.15) is 5.75 Å². The molecule has 0 aromatic heterocycles. The number of rotatable bonds is 13. The van der Waals surface area contributed by atoms with Crippen molar-refractivity contribution in [3.63, 3.8) is 0 Å². The van der Waals surface area contributed by atoms with Crippen LogP contribution in [0.4, 0.5) is 0 Å². The summed E-state index contributed by atoms with van der Waals surface area (Å²) in [6.45, 7) is 14.6. The van der Waals surface area contributed by atoms with Gasteiger partial charge in [-0.15, -0.1) is 0 Å². The average Bonchev–Trinajstić information content (AvgIpc) is 2.85. The van der Waals surface area contributed by atoms with Gasteiger partial charge < -0.3 is 24.1 Å². The van der Waals surface area contributed by atoms with Crippen LogP contribution in [0.1, 0.15) is 79.7 Å². The zero-order valence-electron chi connectivity index (χ0n) is 24.4. The van der Waals surface area contributed by atoms with E-state index in [0.29, 0.717) is 6.61 Å². The van der Waals surface area contributed by atoms with Crippen LogP contribution in [0.2, 0.25) is 0 Å². The van der Waals surface area contributed by atoms with E-state index in [1.54, 1.807) is 14.2 Å². The summed E-state index contributed by atoms with van der Waals surface area (Å²) in [5.74, 6) is 0.272. The van der Waals surface area contributed by atoms with Crippen LogP contribution < -0.4 is 4.74 Å². The fraction of sp³-hybridized carbons (Fsp3) is 0.767. The Kier molecular flexibility index (Phi) is 12.9. The maximum Gasteiger partial charge on any atom is 0.194 e. The van der Waals surface area contributed by atoms with Crippen molar-refractivity contribution in [2.75, 3.05) is 14.2 Å². The molecule has 212 valence electrons. The van der Waals surface area contributed by atoms with E-state index in [-0.39, 0.29) is 46.1 Å². The van der Waals surface area contributed by atoms with E-state index >= 15 is 0 Å². The number of methoxy groups -OCH3 is 2. The molecule has 1 N–H and O–H groups in total. The SMILES string of the molecule is COc1ccc(CO[C@H]([C@H](C)[C@@H](O)[C@@H](C)C(=O)SC(C)(C)C)[C@@H](C)CC[C@H]2C[C@H](OC)C[C@H](C)O2)cc1. The molecular weight excluding hydrogens is 488 g/mol. The molecule has 0 aliphatic carbocycles. The molecule has 0 bridgehead atoms. The van der Waals surface area contributed by atoms with Gasteiger partial charge in [-0.05, 0) is 56.2 Å². The van der Waals surface area contributed by atoms with Crippen LogP contribution in [-0.2, 0) is 25.6 Å². The van der Waals surface area contributed by atoms with E-state index in [2.05, 4.69) is 13.8 Å². The lowest BCUT2D eigenvalue weighted by Crippen LogP contribution is -2.42. The standard InChI is InChI=1S/C30H50O6S/c1-19(10-13-25-17-26(34-9)16-20(2)36-25)28(35-18-23-11-14-24(33-8)15-12-23)21(3)27(31)22(4)29(32)37-30(5,6)7/h11-12,14-15,19-22,25-28,31H,10,13,16-18H2,1-9H3/t19-,20-,21+,22+,25-,26+,27+,28-/m0/s1. The van der Waals surface area contributed by atoms with Crippen molar-refractivity contribution in [3.05, 3.63) is 29.8 Å². The topological polar surface area (TPSA) is 74.2 Å². The lowest BCUT2D eigenvalue weighted by Gasteiger charge is -2.37. The van der Waals surface area contributed by atoms with Crippen molar-refractivity contribution >= 4 is 16.9 Å². The predicted molar refractivity (Wildman–Crippen MR) is 151 cm³/mol. The van der Waals surface area contributed by atoms with Gasteiger partial charge >= 0.3 is 0 Å². The molecule has 1 aromatic rings. The number of benzene rings is 1. The summed E-state index contributed by atoms with van der Waals surface area (Å²) in [7, 11) is 3.42. The summed E-state index contributed by atoms with van der Waals surface area (Å²) >= 11 is 1.30. The van der Waals surface area contributed by atoms with Gasteiger partial charge in [0.25, 0.3) is 0 Å². The minimum Gasteiger partial charge on any atom is -0.497 e. The molecule has 8 atom stereocenters. The van der Waals surface area contributed by atoms with Gasteiger partial charge in [0, 0.05) is 17.8 Å². The molecule has 0 spiro atoms. The molecule has 6 nitrogen and oxygen atoms in total. The maximum absolute atomic E-state index is 12.9. The lowest BCUT2D eigenvalue weighted by atomic mass is 9.82. The number of ether oxygens (including phenoxy) is 4. The summed E-state index contributed by atoms with van der Waals surface area (Å²) in [6.07, 6.45) is 3.20. The third-order valence-electron chi connectivity index (χ3n) is 7.33. The molecule has 1 saturated heterocycles. The Balaban J connectivity index is 2.11. The molecule has 1 aromatic carbocycles. The summed E-state index contributed by atoms with van der Waals surface area (Å²) < 4.78 is 23.4. The van der Waals surface area contributed by atoms with Crippen molar-refractivity contribution in [1.29, 1.82) is 0 Å². The zero-order chi connectivity index (χ0) is 27.8. The Morgan fingerprint density at radius 2 is 1.78 bits per heavy atom. The largest absolute Gasteiger partial charge is 0.497 e. The smallest absolute Gasteiger partial charge is 0.194 e. The Hall–Kier alpha value is -1.12. The number of aliphatic hydroxyl groups is 1. The number of hydrogen-bond donors (Lipinski definition) is 1. The second-order valence-electron chi connectivity index (χ2n) is 11.7. The van der Waals surface area contributed by atoms with Crippen molar-refractivity contribution < 1.29 is 28.8 Å². The summed E-state index contributed by atoms with van der Waals surface area (Å²) in [5, 5.41) is 11.3. The Morgan fingerprint density at radius 1 is 1.14 bits per heavy atom. The molecule has 7 heteroatoms. The van der Waals surface area contributed by atoms with E-state index in [1.807, 2.05) is 58.9 Å². The van der Waals surface area contributed by atoms with Gasteiger partial charge in [0.05, 0.1) is 50.2 Å². The third-order valence-corrected chi connectivity index (χ3v) is 8.52. The molecule has 1 aliphatic rings. The highest BCUT2D eigenvalue weighted by Crippen LogP contribution is 2.34. The van der Waals surface area contributed by atoms with Crippen molar-refractivity contribution in [3.8, 4) is 5.75 Å². The molecule has 0 unspecified atom stereocenters. The third kappa shape index (κ3) is 10.5. The molecular formula is C30H50O6S. The van der Waals surface area contributed by atoms with Crippen molar-refractivity contribution in [2.45, 2.75) is 116 Å². The van der Waals surface area contributed by atoms with Gasteiger partial charge in [-0.2, -0.15) is 0 Å². The molecule has 37 heavy (non-hydrogen) atoms. The van der Waals surface area contributed by atoms with E-state index in [9.17, 15) is 9.90 Å².